The number of fused-ring (bicyclic) bond motifs is 1. The molecule has 1 aromatic heterocycles. The molecule has 21 heavy (non-hydrogen) atoms. The highest BCUT2D eigenvalue weighted by atomic mass is 16.5. The second-order valence-corrected chi connectivity index (χ2v) is 5.50. The molecule has 0 spiro atoms. The van der Waals surface area contributed by atoms with E-state index in [1.54, 1.807) is 7.11 Å². The Bertz CT molecular complexity index is 565. The topological polar surface area (TPSA) is 37.6 Å². The highest BCUT2D eigenvalue weighted by Gasteiger charge is 2.17. The fourth-order valence-electron chi connectivity index (χ4n) is 2.47. The van der Waals surface area contributed by atoms with Crippen LogP contribution in [0.2, 0.25) is 0 Å². The van der Waals surface area contributed by atoms with E-state index in [0.717, 1.165) is 37.6 Å². The molecule has 4 heteroatoms. The lowest BCUT2D eigenvalue weighted by Crippen LogP contribution is -2.32. The average molecular weight is 290 g/mol. The van der Waals surface area contributed by atoms with E-state index >= 15 is 0 Å². The van der Waals surface area contributed by atoms with Gasteiger partial charge in [-0.3, -0.25) is 4.90 Å². The highest BCUT2D eigenvalue weighted by molar-refractivity contribution is 5.82. The predicted octanol–water partition coefficient (Wildman–Crippen LogP) is 3.01. The van der Waals surface area contributed by atoms with Crippen molar-refractivity contribution >= 4 is 11.0 Å². The molecule has 0 aliphatic heterocycles. The number of ether oxygens (including phenoxy) is 1. The summed E-state index contributed by atoms with van der Waals surface area (Å²) in [5.41, 5.74) is 2.23. The lowest BCUT2D eigenvalue weighted by atomic mass is 10.1. The number of furan rings is 1. The number of rotatable bonds is 8. The van der Waals surface area contributed by atoms with Crippen LogP contribution in [0.25, 0.3) is 11.0 Å². The van der Waals surface area contributed by atoms with E-state index in [1.165, 1.54) is 10.9 Å². The van der Waals surface area contributed by atoms with Crippen molar-refractivity contribution in [2.45, 2.75) is 33.0 Å². The number of para-hydroxylation sites is 1. The molecule has 0 saturated carbocycles. The van der Waals surface area contributed by atoms with Gasteiger partial charge < -0.3 is 14.5 Å². The first-order chi connectivity index (χ1) is 10.2. The third kappa shape index (κ3) is 3.84. The van der Waals surface area contributed by atoms with E-state index in [4.69, 9.17) is 9.15 Å². The van der Waals surface area contributed by atoms with Gasteiger partial charge in [0.2, 0.25) is 0 Å². The summed E-state index contributed by atoms with van der Waals surface area (Å²) in [6, 6.07) is 8.61. The lowest BCUT2D eigenvalue weighted by molar-refractivity contribution is 0.108. The van der Waals surface area contributed by atoms with Gasteiger partial charge in [0.15, 0.2) is 0 Å². The number of likely N-dealkylation sites (N-methyl/N-ethyl adjacent to an activating group) is 1. The van der Waals surface area contributed by atoms with Gasteiger partial charge in [-0.1, -0.05) is 25.1 Å². The van der Waals surface area contributed by atoms with Crippen molar-refractivity contribution in [2.24, 2.45) is 0 Å². The second-order valence-electron chi connectivity index (χ2n) is 5.50. The Kier molecular flexibility index (Phi) is 5.79. The maximum atomic E-state index is 6.07. The third-order valence-electron chi connectivity index (χ3n) is 3.89. The number of nitrogens with zero attached hydrogens (tertiary/aromatic N) is 1. The van der Waals surface area contributed by atoms with E-state index in [-0.39, 0.29) is 0 Å². The number of methoxy groups -OCH3 is 1. The molecule has 1 heterocycles. The fraction of sp³-hybridized carbons (Fsp3) is 0.529. The molecule has 116 valence electrons. The molecule has 1 atom stereocenters. The van der Waals surface area contributed by atoms with Crippen LogP contribution in [-0.2, 0) is 17.8 Å². The molecule has 0 aliphatic carbocycles. The van der Waals surface area contributed by atoms with Crippen molar-refractivity contribution in [3.05, 3.63) is 35.6 Å². The molecule has 0 fully saturated rings. The molecule has 0 amide bonds. The van der Waals surface area contributed by atoms with Gasteiger partial charge in [0.05, 0.1) is 13.2 Å². The van der Waals surface area contributed by atoms with Gasteiger partial charge in [0, 0.05) is 30.6 Å². The van der Waals surface area contributed by atoms with E-state index in [2.05, 4.69) is 43.2 Å². The Labute approximate surface area is 127 Å². The summed E-state index contributed by atoms with van der Waals surface area (Å²) in [6.45, 7) is 7.59. The van der Waals surface area contributed by atoms with Crippen LogP contribution in [0.1, 0.15) is 25.2 Å². The first kappa shape index (κ1) is 16.0. The Morgan fingerprint density at radius 1 is 1.33 bits per heavy atom. The van der Waals surface area contributed by atoms with Crippen molar-refractivity contribution in [1.82, 2.24) is 10.2 Å². The van der Waals surface area contributed by atoms with Crippen LogP contribution in [0.3, 0.4) is 0 Å². The molecule has 0 saturated heterocycles. The standard InChI is InChI=1S/C17H26N2O2/c1-5-18-10-15-14-8-6-7-9-16(14)21-17(15)11-19(3)13(2)12-20-4/h6-9,13,18H,5,10-12H2,1-4H3. The van der Waals surface area contributed by atoms with Gasteiger partial charge >= 0.3 is 0 Å². The maximum Gasteiger partial charge on any atom is 0.134 e. The summed E-state index contributed by atoms with van der Waals surface area (Å²) in [7, 11) is 3.84. The Morgan fingerprint density at radius 3 is 2.81 bits per heavy atom. The minimum Gasteiger partial charge on any atom is -0.459 e. The quantitative estimate of drug-likeness (QED) is 0.811. The molecular formula is C17H26N2O2. The van der Waals surface area contributed by atoms with Crippen LogP contribution in [-0.4, -0.2) is 38.3 Å². The molecule has 2 aromatic rings. The summed E-state index contributed by atoms with van der Waals surface area (Å²) in [5.74, 6) is 1.04. The zero-order valence-corrected chi connectivity index (χ0v) is 13.5. The van der Waals surface area contributed by atoms with Gasteiger partial charge in [0.1, 0.15) is 11.3 Å². The van der Waals surface area contributed by atoms with E-state index in [0.29, 0.717) is 6.04 Å². The normalized spacial score (nSPS) is 13.2. The van der Waals surface area contributed by atoms with E-state index in [1.807, 2.05) is 12.1 Å². The van der Waals surface area contributed by atoms with Crippen molar-refractivity contribution in [1.29, 1.82) is 0 Å². The number of hydrogen-bond acceptors (Lipinski definition) is 4. The minimum atomic E-state index is 0.357. The Morgan fingerprint density at radius 2 is 2.10 bits per heavy atom. The summed E-state index contributed by atoms with van der Waals surface area (Å²) >= 11 is 0. The van der Waals surface area contributed by atoms with Crippen LogP contribution in [0.4, 0.5) is 0 Å². The van der Waals surface area contributed by atoms with Crippen molar-refractivity contribution < 1.29 is 9.15 Å². The smallest absolute Gasteiger partial charge is 0.134 e. The first-order valence-corrected chi connectivity index (χ1v) is 7.56. The molecule has 4 nitrogen and oxygen atoms in total. The van der Waals surface area contributed by atoms with Crippen molar-refractivity contribution in [3.63, 3.8) is 0 Å². The number of benzene rings is 1. The molecule has 2 rings (SSSR count). The summed E-state index contributed by atoms with van der Waals surface area (Å²) < 4.78 is 11.3. The van der Waals surface area contributed by atoms with Gasteiger partial charge in [-0.05, 0) is 26.6 Å². The van der Waals surface area contributed by atoms with Crippen LogP contribution in [0, 0.1) is 0 Å². The van der Waals surface area contributed by atoms with E-state index < -0.39 is 0 Å². The van der Waals surface area contributed by atoms with Crippen LogP contribution < -0.4 is 5.32 Å². The maximum absolute atomic E-state index is 6.07. The average Bonchev–Trinajstić information content (AvgIpc) is 2.82. The zero-order chi connectivity index (χ0) is 15.2. The van der Waals surface area contributed by atoms with Crippen LogP contribution in [0.5, 0.6) is 0 Å². The SMILES string of the molecule is CCNCc1c(CN(C)C(C)COC)oc2ccccc12. The fourth-order valence-corrected chi connectivity index (χ4v) is 2.47. The molecule has 1 aromatic carbocycles. The highest BCUT2D eigenvalue weighted by Crippen LogP contribution is 2.27. The van der Waals surface area contributed by atoms with Gasteiger partial charge in [-0.15, -0.1) is 0 Å². The number of nitrogens with one attached hydrogen (secondary N) is 1. The monoisotopic (exact) mass is 290 g/mol. The summed E-state index contributed by atoms with van der Waals surface area (Å²) in [6.07, 6.45) is 0. The molecule has 1 N–H and O–H groups in total. The largest absolute Gasteiger partial charge is 0.459 e. The van der Waals surface area contributed by atoms with Gasteiger partial charge in [-0.2, -0.15) is 0 Å². The Hall–Kier alpha value is -1.36. The first-order valence-electron chi connectivity index (χ1n) is 7.56. The van der Waals surface area contributed by atoms with Gasteiger partial charge in [0.25, 0.3) is 0 Å². The third-order valence-corrected chi connectivity index (χ3v) is 3.89. The van der Waals surface area contributed by atoms with Crippen LogP contribution >= 0.6 is 0 Å². The molecule has 0 bridgehead atoms. The number of hydrogen-bond donors (Lipinski definition) is 1. The van der Waals surface area contributed by atoms with Crippen LogP contribution in [0.15, 0.2) is 28.7 Å². The van der Waals surface area contributed by atoms with E-state index in [9.17, 15) is 0 Å². The zero-order valence-electron chi connectivity index (χ0n) is 13.5. The molecule has 0 aliphatic rings. The van der Waals surface area contributed by atoms with Crippen molar-refractivity contribution in [3.8, 4) is 0 Å². The molecular weight excluding hydrogens is 264 g/mol. The minimum absolute atomic E-state index is 0.357. The Balaban J connectivity index is 2.25. The molecule has 0 radical (unpaired) electrons. The predicted molar refractivity (Wildman–Crippen MR) is 86.4 cm³/mol. The summed E-state index contributed by atoms with van der Waals surface area (Å²) in [4.78, 5) is 2.26. The van der Waals surface area contributed by atoms with Crippen molar-refractivity contribution in [2.75, 3.05) is 27.3 Å². The summed E-state index contributed by atoms with van der Waals surface area (Å²) in [5, 5.41) is 4.62. The molecule has 1 unspecified atom stereocenters. The lowest BCUT2D eigenvalue weighted by Gasteiger charge is -2.23. The van der Waals surface area contributed by atoms with Gasteiger partial charge in [-0.25, -0.2) is 0 Å². The second kappa shape index (κ2) is 7.59.